The van der Waals surface area contributed by atoms with Crippen LogP contribution in [0.5, 0.6) is 0 Å². The summed E-state index contributed by atoms with van der Waals surface area (Å²) in [7, 11) is 0. The van der Waals surface area contributed by atoms with Crippen LogP contribution in [-0.2, 0) is 6.42 Å². The fourth-order valence-corrected chi connectivity index (χ4v) is 4.87. The molecule has 1 aromatic carbocycles. The van der Waals surface area contributed by atoms with Gasteiger partial charge in [-0.1, -0.05) is 40.2 Å². The van der Waals surface area contributed by atoms with Gasteiger partial charge in [0.1, 0.15) is 0 Å². The lowest BCUT2D eigenvalue weighted by Crippen LogP contribution is -2.20. The Labute approximate surface area is 115 Å². The average Bonchev–Trinajstić information content (AvgIpc) is 2.59. The minimum absolute atomic E-state index is 0.482. The van der Waals surface area contributed by atoms with E-state index >= 15 is 0 Å². The van der Waals surface area contributed by atoms with E-state index < -0.39 is 0 Å². The first-order valence-corrected chi connectivity index (χ1v) is 7.69. The minimum Gasteiger partial charge on any atom is -0.144 e. The fourth-order valence-electron chi connectivity index (χ4n) is 2.67. The second-order valence-corrected chi connectivity index (χ2v) is 7.09. The number of benzene rings is 1. The lowest BCUT2D eigenvalue weighted by molar-refractivity contribution is 0.603. The van der Waals surface area contributed by atoms with Crippen LogP contribution >= 0.6 is 27.3 Å². The number of fused-ring (bicyclic) bond motifs is 1. The zero-order valence-corrected chi connectivity index (χ0v) is 12.4. The van der Waals surface area contributed by atoms with Gasteiger partial charge in [0.2, 0.25) is 0 Å². The third-order valence-electron chi connectivity index (χ3n) is 3.58. The Kier molecular flexibility index (Phi) is 2.87. The molecule has 0 N–H and O–H groups in total. The molecule has 0 bridgehead atoms. The second kappa shape index (κ2) is 4.25. The predicted molar refractivity (Wildman–Crippen MR) is 78.3 cm³/mol. The molecule has 0 aliphatic heterocycles. The molecule has 2 atom stereocenters. The molecule has 1 aromatic heterocycles. The van der Waals surface area contributed by atoms with Crippen molar-refractivity contribution in [1.29, 1.82) is 0 Å². The van der Waals surface area contributed by atoms with Gasteiger partial charge in [0, 0.05) is 15.7 Å². The molecule has 1 heterocycles. The van der Waals surface area contributed by atoms with Gasteiger partial charge in [-0.05, 0) is 43.0 Å². The summed E-state index contributed by atoms with van der Waals surface area (Å²) >= 11 is 5.84. The molecule has 88 valence electrons. The number of aryl methyl sites for hydroxylation is 2. The van der Waals surface area contributed by atoms with Gasteiger partial charge in [-0.25, -0.2) is 0 Å². The average molecular weight is 307 g/mol. The van der Waals surface area contributed by atoms with Crippen molar-refractivity contribution in [2.45, 2.75) is 31.0 Å². The number of hydrogen-bond acceptors (Lipinski definition) is 1. The van der Waals surface area contributed by atoms with E-state index in [1.165, 1.54) is 32.9 Å². The molecule has 2 unspecified atom stereocenters. The van der Waals surface area contributed by atoms with Gasteiger partial charge in [0.05, 0.1) is 4.83 Å². The highest BCUT2D eigenvalue weighted by Crippen LogP contribution is 2.50. The first-order chi connectivity index (χ1) is 8.16. The van der Waals surface area contributed by atoms with E-state index in [1.54, 1.807) is 0 Å². The van der Waals surface area contributed by atoms with Crippen LogP contribution in [0.1, 0.15) is 37.2 Å². The molecule has 0 radical (unpaired) electrons. The first kappa shape index (κ1) is 11.5. The monoisotopic (exact) mass is 306 g/mol. The zero-order valence-electron chi connectivity index (χ0n) is 10.0. The van der Waals surface area contributed by atoms with Crippen LogP contribution in [0.15, 0.2) is 30.3 Å². The topological polar surface area (TPSA) is 0 Å². The molecule has 0 saturated heterocycles. The van der Waals surface area contributed by atoms with Crippen LogP contribution in [0, 0.1) is 13.8 Å². The Bertz CT molecular complexity index is 556. The summed E-state index contributed by atoms with van der Waals surface area (Å²) in [6.07, 6.45) is 1.21. The van der Waals surface area contributed by atoms with Crippen molar-refractivity contribution in [3.63, 3.8) is 0 Å². The Hall–Kier alpha value is -0.600. The van der Waals surface area contributed by atoms with E-state index in [4.69, 9.17) is 0 Å². The SMILES string of the molecule is Cc1cc(C)c(C(Br)C2Cc3ccccc32)s1. The third-order valence-corrected chi connectivity index (χ3v) is 6.21. The molecule has 0 amide bonds. The van der Waals surface area contributed by atoms with Gasteiger partial charge in [-0.15, -0.1) is 11.3 Å². The largest absolute Gasteiger partial charge is 0.144 e. The number of alkyl halides is 1. The van der Waals surface area contributed by atoms with Crippen LogP contribution < -0.4 is 0 Å². The van der Waals surface area contributed by atoms with Crippen molar-refractivity contribution in [3.8, 4) is 0 Å². The van der Waals surface area contributed by atoms with Crippen molar-refractivity contribution < 1.29 is 0 Å². The fraction of sp³-hybridized carbons (Fsp3) is 0.333. The maximum Gasteiger partial charge on any atom is 0.0563 e. The molecular weight excluding hydrogens is 292 g/mol. The molecule has 1 aliphatic rings. The molecule has 17 heavy (non-hydrogen) atoms. The first-order valence-electron chi connectivity index (χ1n) is 5.95. The van der Waals surface area contributed by atoms with E-state index in [1.807, 2.05) is 11.3 Å². The van der Waals surface area contributed by atoms with Crippen LogP contribution in [-0.4, -0.2) is 0 Å². The molecule has 0 fully saturated rings. The summed E-state index contributed by atoms with van der Waals surface area (Å²) in [5, 5.41) is 0. The van der Waals surface area contributed by atoms with Crippen LogP contribution in [0.25, 0.3) is 0 Å². The van der Waals surface area contributed by atoms with Crippen molar-refractivity contribution >= 4 is 27.3 Å². The lowest BCUT2D eigenvalue weighted by Gasteiger charge is -2.33. The van der Waals surface area contributed by atoms with Crippen LogP contribution in [0.4, 0.5) is 0 Å². The van der Waals surface area contributed by atoms with Crippen LogP contribution in [0.2, 0.25) is 0 Å². The van der Waals surface area contributed by atoms with Crippen molar-refractivity contribution in [2.24, 2.45) is 0 Å². The summed E-state index contributed by atoms with van der Waals surface area (Å²) in [5.41, 5.74) is 4.48. The number of hydrogen-bond donors (Lipinski definition) is 0. The number of halogens is 1. The molecule has 0 saturated carbocycles. The zero-order chi connectivity index (χ0) is 12.0. The van der Waals surface area contributed by atoms with Gasteiger partial charge in [0.15, 0.2) is 0 Å². The predicted octanol–water partition coefficient (Wildman–Crippen LogP) is 5.14. The van der Waals surface area contributed by atoms with E-state index in [-0.39, 0.29) is 0 Å². The quantitative estimate of drug-likeness (QED) is 0.674. The molecule has 0 nitrogen and oxygen atoms in total. The number of thiophene rings is 1. The van der Waals surface area contributed by atoms with Crippen LogP contribution in [0.3, 0.4) is 0 Å². The highest BCUT2D eigenvalue weighted by atomic mass is 79.9. The third kappa shape index (κ3) is 1.88. The molecule has 3 rings (SSSR count). The summed E-state index contributed by atoms with van der Waals surface area (Å²) < 4.78 is 0. The smallest absolute Gasteiger partial charge is 0.0563 e. The van der Waals surface area contributed by atoms with E-state index in [0.29, 0.717) is 10.7 Å². The van der Waals surface area contributed by atoms with Crippen molar-refractivity contribution in [2.75, 3.05) is 0 Å². The maximum atomic E-state index is 3.91. The molecular formula is C15H15BrS. The normalized spacial score (nSPS) is 19.6. The molecule has 0 spiro atoms. The molecule has 2 aromatic rings. The summed E-state index contributed by atoms with van der Waals surface area (Å²) in [6, 6.07) is 11.1. The summed E-state index contributed by atoms with van der Waals surface area (Å²) in [6.45, 7) is 4.41. The molecule has 1 aliphatic carbocycles. The maximum absolute atomic E-state index is 3.91. The van der Waals surface area contributed by atoms with Crippen molar-refractivity contribution in [3.05, 3.63) is 56.8 Å². The van der Waals surface area contributed by atoms with Gasteiger partial charge in [0.25, 0.3) is 0 Å². The Morgan fingerprint density at radius 3 is 2.71 bits per heavy atom. The summed E-state index contributed by atoms with van der Waals surface area (Å²) in [5.74, 6) is 0.656. The Balaban J connectivity index is 1.91. The van der Waals surface area contributed by atoms with E-state index in [0.717, 1.165) is 0 Å². The Morgan fingerprint density at radius 1 is 1.29 bits per heavy atom. The van der Waals surface area contributed by atoms with Gasteiger partial charge < -0.3 is 0 Å². The summed E-state index contributed by atoms with van der Waals surface area (Å²) in [4.78, 5) is 3.40. The number of rotatable bonds is 2. The van der Waals surface area contributed by atoms with Gasteiger partial charge in [-0.3, -0.25) is 0 Å². The molecule has 2 heteroatoms. The van der Waals surface area contributed by atoms with Gasteiger partial charge >= 0.3 is 0 Å². The highest BCUT2D eigenvalue weighted by Gasteiger charge is 2.33. The lowest BCUT2D eigenvalue weighted by atomic mass is 9.75. The van der Waals surface area contributed by atoms with Gasteiger partial charge in [-0.2, -0.15) is 0 Å². The standard InChI is InChI=1S/C15H15BrS/c1-9-7-10(2)17-15(9)14(16)13-8-11-5-3-4-6-12(11)13/h3-7,13-14H,8H2,1-2H3. The van der Waals surface area contributed by atoms with E-state index in [9.17, 15) is 0 Å². The highest BCUT2D eigenvalue weighted by molar-refractivity contribution is 9.09. The Morgan fingerprint density at radius 2 is 2.06 bits per heavy atom. The van der Waals surface area contributed by atoms with E-state index in [2.05, 4.69) is 60.1 Å². The second-order valence-electron chi connectivity index (χ2n) is 4.82. The minimum atomic E-state index is 0.482. The van der Waals surface area contributed by atoms with Crippen molar-refractivity contribution in [1.82, 2.24) is 0 Å².